The molecule has 0 aliphatic carbocycles. The van der Waals surface area contributed by atoms with Crippen molar-refractivity contribution in [1.29, 1.82) is 5.26 Å². The highest BCUT2D eigenvalue weighted by molar-refractivity contribution is 5.50. The van der Waals surface area contributed by atoms with Crippen LogP contribution in [-0.2, 0) is 6.54 Å². The topological polar surface area (TPSA) is 94.7 Å². The second-order valence-corrected chi connectivity index (χ2v) is 3.42. The molecule has 0 saturated carbocycles. The normalized spacial score (nSPS) is 9.88. The molecule has 0 bridgehead atoms. The molecule has 0 atom stereocenters. The maximum absolute atomic E-state index is 11.4. The quantitative estimate of drug-likeness (QED) is 0.824. The van der Waals surface area contributed by atoms with Crippen LogP contribution in [0.25, 0.3) is 0 Å². The molecular formula is C11H10N4O2. The van der Waals surface area contributed by atoms with E-state index in [1.165, 1.54) is 0 Å². The Bertz CT molecular complexity index is 607. The average Bonchev–Trinajstić information content (AvgIpc) is 2.78. The van der Waals surface area contributed by atoms with Gasteiger partial charge >= 0.3 is 0 Å². The van der Waals surface area contributed by atoms with Gasteiger partial charge in [0, 0.05) is 0 Å². The number of aryl methyl sites for hydroxylation is 1. The molecule has 2 N–H and O–H groups in total. The van der Waals surface area contributed by atoms with E-state index in [0.717, 1.165) is 0 Å². The largest absolute Gasteiger partial charge is 0.467 e. The van der Waals surface area contributed by atoms with Crippen LogP contribution in [0.15, 0.2) is 27.6 Å². The van der Waals surface area contributed by atoms with E-state index in [0.29, 0.717) is 23.9 Å². The third-order valence-electron chi connectivity index (χ3n) is 2.17. The monoisotopic (exact) mass is 230 g/mol. The van der Waals surface area contributed by atoms with Crippen molar-refractivity contribution in [1.82, 2.24) is 9.97 Å². The Balaban J connectivity index is 2.26. The van der Waals surface area contributed by atoms with Gasteiger partial charge in [0.25, 0.3) is 5.56 Å². The molecule has 0 saturated heterocycles. The third-order valence-corrected chi connectivity index (χ3v) is 2.17. The molecule has 6 nitrogen and oxygen atoms in total. The van der Waals surface area contributed by atoms with Gasteiger partial charge in [0.05, 0.1) is 12.8 Å². The second-order valence-electron chi connectivity index (χ2n) is 3.42. The molecule has 0 radical (unpaired) electrons. The molecule has 0 aliphatic heterocycles. The number of H-pyrrole nitrogens is 1. The van der Waals surface area contributed by atoms with Crippen molar-refractivity contribution in [2.75, 3.05) is 5.32 Å². The lowest BCUT2D eigenvalue weighted by Crippen LogP contribution is -2.17. The Morgan fingerprint density at radius 2 is 2.47 bits per heavy atom. The summed E-state index contributed by atoms with van der Waals surface area (Å²) in [6.45, 7) is 2.04. The predicted octanol–water partition coefficient (Wildman–Crippen LogP) is 1.16. The fourth-order valence-corrected chi connectivity index (χ4v) is 1.41. The first kappa shape index (κ1) is 11.0. The summed E-state index contributed by atoms with van der Waals surface area (Å²) in [6, 6.07) is 5.39. The highest BCUT2D eigenvalue weighted by atomic mass is 16.3. The predicted molar refractivity (Wildman–Crippen MR) is 60.3 cm³/mol. The summed E-state index contributed by atoms with van der Waals surface area (Å²) in [5.41, 5.74) is -0.562. The summed E-state index contributed by atoms with van der Waals surface area (Å²) in [5.74, 6) is 1.53. The Kier molecular flexibility index (Phi) is 2.92. The van der Waals surface area contributed by atoms with E-state index in [1.54, 1.807) is 25.3 Å². The van der Waals surface area contributed by atoms with Gasteiger partial charge in [-0.3, -0.25) is 4.79 Å². The lowest BCUT2D eigenvalue weighted by atomic mass is 10.3. The lowest BCUT2D eigenvalue weighted by molar-refractivity contribution is 0.517. The number of hydrogen-bond donors (Lipinski definition) is 2. The van der Waals surface area contributed by atoms with Gasteiger partial charge in [0.1, 0.15) is 23.5 Å². The molecule has 2 heterocycles. The molecule has 2 rings (SSSR count). The molecule has 0 spiro atoms. The first-order valence-electron chi connectivity index (χ1n) is 4.98. The van der Waals surface area contributed by atoms with E-state index >= 15 is 0 Å². The number of nitrogens with zero attached hydrogens (tertiary/aromatic N) is 2. The maximum atomic E-state index is 11.4. The van der Waals surface area contributed by atoms with Crippen molar-refractivity contribution in [3.63, 3.8) is 0 Å². The van der Waals surface area contributed by atoms with Crippen LogP contribution in [0.5, 0.6) is 0 Å². The summed E-state index contributed by atoms with van der Waals surface area (Å²) in [5, 5.41) is 11.8. The van der Waals surface area contributed by atoms with Gasteiger partial charge in [-0.15, -0.1) is 0 Å². The summed E-state index contributed by atoms with van der Waals surface area (Å²) in [7, 11) is 0. The average molecular weight is 230 g/mol. The van der Waals surface area contributed by atoms with E-state index < -0.39 is 5.56 Å². The van der Waals surface area contributed by atoms with E-state index in [1.807, 2.05) is 6.07 Å². The zero-order valence-electron chi connectivity index (χ0n) is 9.15. The minimum Gasteiger partial charge on any atom is -0.467 e. The first-order chi connectivity index (χ1) is 8.20. The number of nitriles is 1. The highest BCUT2D eigenvalue weighted by Gasteiger charge is 2.09. The van der Waals surface area contributed by atoms with E-state index in [2.05, 4.69) is 15.3 Å². The minimum absolute atomic E-state index is 0.0258. The SMILES string of the molecule is Cc1nc(=O)c(C#N)c(NCc2ccco2)[nH]1. The summed E-state index contributed by atoms with van der Waals surface area (Å²) >= 11 is 0. The van der Waals surface area contributed by atoms with Crippen molar-refractivity contribution in [2.24, 2.45) is 0 Å². The molecule has 0 fully saturated rings. The van der Waals surface area contributed by atoms with Crippen molar-refractivity contribution < 1.29 is 4.42 Å². The first-order valence-corrected chi connectivity index (χ1v) is 4.98. The number of aromatic amines is 1. The number of hydrogen-bond acceptors (Lipinski definition) is 5. The molecule has 0 aromatic carbocycles. The molecule has 6 heteroatoms. The Morgan fingerprint density at radius 1 is 1.65 bits per heavy atom. The van der Waals surface area contributed by atoms with Crippen LogP contribution in [0.3, 0.4) is 0 Å². The maximum Gasteiger partial charge on any atom is 0.293 e. The Morgan fingerprint density at radius 3 is 3.12 bits per heavy atom. The molecule has 0 amide bonds. The van der Waals surface area contributed by atoms with Crippen LogP contribution < -0.4 is 10.9 Å². The molecular weight excluding hydrogens is 220 g/mol. The lowest BCUT2D eigenvalue weighted by Gasteiger charge is -2.06. The fraction of sp³-hybridized carbons (Fsp3) is 0.182. The standard InChI is InChI=1S/C11H10N4O2/c1-7-14-10(9(5-12)11(16)15-7)13-6-8-3-2-4-17-8/h2-4H,6H2,1H3,(H2,13,14,15,16). The summed E-state index contributed by atoms with van der Waals surface area (Å²) < 4.78 is 5.14. The number of aromatic nitrogens is 2. The number of nitrogens with one attached hydrogen (secondary N) is 2. The van der Waals surface area contributed by atoms with Gasteiger partial charge in [0.15, 0.2) is 5.56 Å². The Labute approximate surface area is 96.9 Å². The van der Waals surface area contributed by atoms with Crippen LogP contribution in [0.2, 0.25) is 0 Å². The third kappa shape index (κ3) is 2.34. The zero-order valence-corrected chi connectivity index (χ0v) is 9.15. The van der Waals surface area contributed by atoms with Crippen molar-refractivity contribution >= 4 is 5.82 Å². The fourth-order valence-electron chi connectivity index (χ4n) is 1.41. The minimum atomic E-state index is -0.536. The highest BCUT2D eigenvalue weighted by Crippen LogP contribution is 2.09. The van der Waals surface area contributed by atoms with Crippen molar-refractivity contribution in [3.05, 3.63) is 45.9 Å². The van der Waals surface area contributed by atoms with Gasteiger partial charge < -0.3 is 14.7 Å². The number of anilines is 1. The van der Waals surface area contributed by atoms with E-state index in [9.17, 15) is 4.79 Å². The zero-order chi connectivity index (χ0) is 12.3. The van der Waals surface area contributed by atoms with Crippen LogP contribution >= 0.6 is 0 Å². The van der Waals surface area contributed by atoms with Gasteiger partial charge in [-0.1, -0.05) is 0 Å². The Hall–Kier alpha value is -2.55. The van der Waals surface area contributed by atoms with Crippen LogP contribution in [0.1, 0.15) is 17.1 Å². The summed E-state index contributed by atoms with van der Waals surface area (Å²) in [4.78, 5) is 17.9. The van der Waals surface area contributed by atoms with Crippen molar-refractivity contribution in [2.45, 2.75) is 13.5 Å². The van der Waals surface area contributed by atoms with Gasteiger partial charge in [-0.05, 0) is 19.1 Å². The smallest absolute Gasteiger partial charge is 0.293 e. The molecule has 0 unspecified atom stereocenters. The molecule has 0 aliphatic rings. The number of furan rings is 1. The van der Waals surface area contributed by atoms with Crippen LogP contribution in [-0.4, -0.2) is 9.97 Å². The van der Waals surface area contributed by atoms with Gasteiger partial charge in [-0.25, -0.2) is 0 Å². The molecule has 86 valence electrons. The van der Waals surface area contributed by atoms with Crippen LogP contribution in [0, 0.1) is 18.3 Å². The van der Waals surface area contributed by atoms with Crippen LogP contribution in [0.4, 0.5) is 5.82 Å². The van der Waals surface area contributed by atoms with E-state index in [-0.39, 0.29) is 5.56 Å². The molecule has 17 heavy (non-hydrogen) atoms. The number of rotatable bonds is 3. The molecule has 2 aromatic heterocycles. The second kappa shape index (κ2) is 4.53. The van der Waals surface area contributed by atoms with Gasteiger partial charge in [0.2, 0.25) is 0 Å². The van der Waals surface area contributed by atoms with Crippen molar-refractivity contribution in [3.8, 4) is 6.07 Å². The van der Waals surface area contributed by atoms with E-state index in [4.69, 9.17) is 9.68 Å². The van der Waals surface area contributed by atoms with Gasteiger partial charge in [-0.2, -0.15) is 10.2 Å². The summed E-state index contributed by atoms with van der Waals surface area (Å²) in [6.07, 6.45) is 1.56. The molecule has 2 aromatic rings.